The minimum Gasteiger partial charge on any atom is -0.354 e. The van der Waals surface area contributed by atoms with E-state index in [1.54, 1.807) is 6.20 Å². The molecule has 1 saturated heterocycles. The molecule has 5 nitrogen and oxygen atoms in total. The summed E-state index contributed by atoms with van der Waals surface area (Å²) in [5, 5.41) is 10.4. The lowest BCUT2D eigenvalue weighted by Crippen LogP contribution is -2.51. The molecule has 0 saturated carbocycles. The highest BCUT2D eigenvalue weighted by atomic mass is 32.1. The van der Waals surface area contributed by atoms with Crippen LogP contribution in [0, 0.1) is 5.92 Å². The van der Waals surface area contributed by atoms with Crippen molar-refractivity contribution in [1.82, 2.24) is 20.9 Å². The van der Waals surface area contributed by atoms with E-state index in [4.69, 9.17) is 0 Å². The summed E-state index contributed by atoms with van der Waals surface area (Å²) < 4.78 is 0. The monoisotopic (exact) mass is 350 g/mol. The average molecular weight is 351 g/mol. The van der Waals surface area contributed by atoms with Gasteiger partial charge in [-0.05, 0) is 24.5 Å². The number of hydrogen-bond acceptors (Lipinski definition) is 5. The Kier molecular flexibility index (Phi) is 8.02. The second-order valence-corrected chi connectivity index (χ2v) is 7.36. The molecule has 1 aromatic rings. The van der Waals surface area contributed by atoms with Gasteiger partial charge < -0.3 is 16.0 Å². The van der Waals surface area contributed by atoms with Crippen molar-refractivity contribution in [1.29, 1.82) is 0 Å². The Morgan fingerprint density at radius 1 is 1.50 bits per heavy atom. The molecule has 1 aliphatic heterocycles. The molecule has 0 aromatic carbocycles. The number of amides is 1. The molecule has 2 heterocycles. The smallest absolute Gasteiger partial charge is 0.237 e. The lowest BCUT2D eigenvalue weighted by atomic mass is 9.98. The summed E-state index contributed by atoms with van der Waals surface area (Å²) in [7, 11) is 0. The fraction of sp³-hybridized carbons (Fsp3) is 0.667. The van der Waals surface area contributed by atoms with E-state index in [9.17, 15) is 4.79 Å². The fourth-order valence-corrected chi connectivity index (χ4v) is 3.34. The van der Waals surface area contributed by atoms with E-state index in [1.165, 1.54) is 0 Å². The topological polar surface area (TPSA) is 66.0 Å². The van der Waals surface area contributed by atoms with E-state index in [1.807, 2.05) is 18.2 Å². The van der Waals surface area contributed by atoms with Crippen LogP contribution in [0.15, 0.2) is 24.4 Å². The summed E-state index contributed by atoms with van der Waals surface area (Å²) in [6.07, 6.45) is 4.55. The molecule has 4 atom stereocenters. The van der Waals surface area contributed by atoms with Crippen molar-refractivity contribution in [3.63, 3.8) is 0 Å². The number of carbonyl (C=O) groups excluding carboxylic acids is 1. The van der Waals surface area contributed by atoms with Gasteiger partial charge in [-0.2, -0.15) is 12.6 Å². The third-order valence-corrected chi connectivity index (χ3v) is 5.08. The van der Waals surface area contributed by atoms with Gasteiger partial charge in [0.25, 0.3) is 0 Å². The number of carbonyl (C=O) groups is 1. The normalized spacial score (nSPS) is 23.0. The van der Waals surface area contributed by atoms with Crippen molar-refractivity contribution in [2.24, 2.45) is 5.92 Å². The minimum atomic E-state index is -0.153. The molecule has 6 heteroatoms. The summed E-state index contributed by atoms with van der Waals surface area (Å²) >= 11 is 4.50. The van der Waals surface area contributed by atoms with Gasteiger partial charge in [-0.15, -0.1) is 0 Å². The van der Waals surface area contributed by atoms with Crippen LogP contribution in [0.3, 0.4) is 0 Å². The molecule has 134 valence electrons. The maximum atomic E-state index is 12.6. The van der Waals surface area contributed by atoms with E-state index >= 15 is 0 Å². The second-order valence-electron chi connectivity index (χ2n) is 6.63. The Hall–Kier alpha value is -1.11. The van der Waals surface area contributed by atoms with Gasteiger partial charge in [-0.1, -0.05) is 26.3 Å². The lowest BCUT2D eigenvalue weighted by molar-refractivity contribution is -0.124. The number of aromatic nitrogens is 1. The minimum absolute atomic E-state index is 0.0840. The largest absolute Gasteiger partial charge is 0.354 e. The molecule has 3 N–H and O–H groups in total. The fourth-order valence-electron chi connectivity index (χ4n) is 2.98. The zero-order valence-corrected chi connectivity index (χ0v) is 15.6. The maximum Gasteiger partial charge on any atom is 0.237 e. The number of hydrogen-bond donors (Lipinski definition) is 4. The molecule has 3 unspecified atom stereocenters. The van der Waals surface area contributed by atoms with Gasteiger partial charge in [-0.3, -0.25) is 9.78 Å². The van der Waals surface area contributed by atoms with Crippen molar-refractivity contribution in [3.05, 3.63) is 30.1 Å². The zero-order valence-electron chi connectivity index (χ0n) is 14.7. The van der Waals surface area contributed by atoms with Crippen LogP contribution in [0.1, 0.15) is 32.4 Å². The van der Waals surface area contributed by atoms with Crippen molar-refractivity contribution in [3.8, 4) is 0 Å². The van der Waals surface area contributed by atoms with Gasteiger partial charge in [0.15, 0.2) is 0 Å². The molecule has 0 spiro atoms. The van der Waals surface area contributed by atoms with Crippen LogP contribution in [-0.4, -0.2) is 47.9 Å². The summed E-state index contributed by atoms with van der Waals surface area (Å²) in [5.74, 6) is 0.383. The highest BCUT2D eigenvalue weighted by Crippen LogP contribution is 2.13. The Morgan fingerprint density at radius 3 is 2.96 bits per heavy atom. The molecular formula is C18H30N4OS. The van der Waals surface area contributed by atoms with Crippen LogP contribution in [-0.2, 0) is 11.2 Å². The van der Waals surface area contributed by atoms with Gasteiger partial charge in [0, 0.05) is 49.2 Å². The van der Waals surface area contributed by atoms with Gasteiger partial charge in [0.05, 0.1) is 6.04 Å². The van der Waals surface area contributed by atoms with Gasteiger partial charge >= 0.3 is 0 Å². The van der Waals surface area contributed by atoms with Gasteiger partial charge in [-0.25, -0.2) is 0 Å². The first-order chi connectivity index (χ1) is 11.6. The summed E-state index contributed by atoms with van der Waals surface area (Å²) in [4.78, 5) is 16.9. The summed E-state index contributed by atoms with van der Waals surface area (Å²) in [5.41, 5.74) is 1.00. The van der Waals surface area contributed by atoms with Crippen LogP contribution in [0.5, 0.6) is 0 Å². The molecular weight excluding hydrogens is 320 g/mol. The van der Waals surface area contributed by atoms with E-state index in [0.717, 1.165) is 38.0 Å². The van der Waals surface area contributed by atoms with Crippen LogP contribution < -0.4 is 16.0 Å². The third-order valence-electron chi connectivity index (χ3n) is 4.68. The van der Waals surface area contributed by atoms with Crippen LogP contribution in [0.2, 0.25) is 0 Å². The molecule has 0 bridgehead atoms. The number of thiol groups is 1. The molecule has 0 aliphatic carbocycles. The maximum absolute atomic E-state index is 12.6. The quantitative estimate of drug-likeness (QED) is 0.509. The Bertz CT molecular complexity index is 499. The number of nitrogens with one attached hydrogen (secondary N) is 3. The number of pyridine rings is 1. The van der Waals surface area contributed by atoms with Crippen LogP contribution in [0.25, 0.3) is 0 Å². The first-order valence-electron chi connectivity index (χ1n) is 8.92. The summed E-state index contributed by atoms with van der Waals surface area (Å²) in [6, 6.07) is 6.10. The molecule has 1 aliphatic rings. The molecule has 0 radical (unpaired) electrons. The Morgan fingerprint density at radius 2 is 2.33 bits per heavy atom. The van der Waals surface area contributed by atoms with Gasteiger partial charge in [0.2, 0.25) is 5.91 Å². The average Bonchev–Trinajstić information content (AvgIpc) is 3.01. The standard InChI is InChI=1S/C18H30N4OS/c1-3-13(2)17(22-11-15-10-16(24)12-21-15)18(23)20-9-7-14-6-4-5-8-19-14/h4-6,8,13,15-17,21-22,24H,3,7,9-12H2,1-2H3,(H,20,23)/t13?,15?,16?,17-/m0/s1. The summed E-state index contributed by atoms with van der Waals surface area (Å²) in [6.45, 7) is 6.61. The Balaban J connectivity index is 1.78. The van der Waals surface area contributed by atoms with Crippen molar-refractivity contribution in [2.75, 3.05) is 19.6 Å². The number of nitrogens with zero attached hydrogens (tertiary/aromatic N) is 1. The molecule has 1 fully saturated rings. The van der Waals surface area contributed by atoms with Crippen molar-refractivity contribution < 1.29 is 4.79 Å². The highest BCUT2D eigenvalue weighted by molar-refractivity contribution is 7.81. The lowest BCUT2D eigenvalue weighted by Gasteiger charge is -2.25. The Labute approximate surface area is 150 Å². The van der Waals surface area contributed by atoms with Gasteiger partial charge in [0.1, 0.15) is 0 Å². The van der Waals surface area contributed by atoms with Crippen LogP contribution in [0.4, 0.5) is 0 Å². The van der Waals surface area contributed by atoms with E-state index < -0.39 is 0 Å². The molecule has 2 rings (SSSR count). The SMILES string of the molecule is CCC(C)[C@H](NCC1CC(S)CN1)C(=O)NCCc1ccccn1. The second kappa shape index (κ2) is 10.0. The van der Waals surface area contributed by atoms with Crippen molar-refractivity contribution >= 4 is 18.5 Å². The zero-order chi connectivity index (χ0) is 17.4. The van der Waals surface area contributed by atoms with Crippen LogP contribution >= 0.6 is 12.6 Å². The number of rotatable bonds is 9. The third kappa shape index (κ3) is 6.07. The molecule has 24 heavy (non-hydrogen) atoms. The van der Waals surface area contributed by atoms with E-state index in [0.29, 0.717) is 23.8 Å². The first-order valence-corrected chi connectivity index (χ1v) is 9.44. The predicted octanol–water partition coefficient (Wildman–Crippen LogP) is 1.40. The molecule has 1 amide bonds. The first kappa shape index (κ1) is 19.2. The predicted molar refractivity (Wildman–Crippen MR) is 101 cm³/mol. The van der Waals surface area contributed by atoms with E-state index in [-0.39, 0.29) is 11.9 Å². The van der Waals surface area contributed by atoms with E-state index in [2.05, 4.69) is 47.4 Å². The highest BCUT2D eigenvalue weighted by Gasteiger charge is 2.26. The van der Waals surface area contributed by atoms with Crippen molar-refractivity contribution in [2.45, 2.75) is 50.4 Å². The molecule has 1 aromatic heterocycles.